The molecule has 1 N–H and O–H groups in total. The van der Waals surface area contributed by atoms with Crippen LogP contribution in [0.15, 0.2) is 18.2 Å². The number of hydrogen-bond donors (Lipinski definition) is 1. The van der Waals surface area contributed by atoms with Crippen molar-refractivity contribution < 1.29 is 13.6 Å². The van der Waals surface area contributed by atoms with Gasteiger partial charge in [0.1, 0.15) is 0 Å². The number of carbonyl (C=O) groups is 1. The number of benzene rings is 1. The molecule has 1 aromatic rings. The number of rotatable bonds is 3. The molecule has 0 aromatic heterocycles. The van der Waals surface area contributed by atoms with Crippen molar-refractivity contribution in [1.29, 1.82) is 0 Å². The van der Waals surface area contributed by atoms with Gasteiger partial charge in [-0.3, -0.25) is 4.79 Å². The Morgan fingerprint density at radius 1 is 1.29 bits per heavy atom. The predicted molar refractivity (Wildman–Crippen MR) is 79.1 cm³/mol. The highest BCUT2D eigenvalue weighted by molar-refractivity contribution is 5.78. The molecule has 2 unspecified atom stereocenters. The minimum absolute atomic E-state index is 0.0272. The van der Waals surface area contributed by atoms with Crippen LogP contribution < -0.4 is 10.2 Å². The van der Waals surface area contributed by atoms with Gasteiger partial charge in [0.2, 0.25) is 5.91 Å². The topological polar surface area (TPSA) is 32.3 Å². The molecule has 21 heavy (non-hydrogen) atoms. The molecule has 2 atom stereocenters. The standard InChI is InChI=1S/C16H22F2N2O/c1-10(2)16(21)19-12-6-11(3)8-20(9-12)13-4-5-14(17)15(18)7-13/h4-5,7,10-12H,6,8-9H2,1-3H3,(H,19,21). The van der Waals surface area contributed by atoms with E-state index in [1.807, 2.05) is 18.7 Å². The summed E-state index contributed by atoms with van der Waals surface area (Å²) in [5.74, 6) is -1.33. The molecule has 0 spiro atoms. The van der Waals surface area contributed by atoms with Gasteiger partial charge in [0, 0.05) is 36.8 Å². The fourth-order valence-electron chi connectivity index (χ4n) is 2.72. The molecular formula is C16H22F2N2O. The smallest absolute Gasteiger partial charge is 0.222 e. The highest BCUT2D eigenvalue weighted by Gasteiger charge is 2.27. The van der Waals surface area contributed by atoms with E-state index in [0.29, 0.717) is 18.2 Å². The molecule has 1 amide bonds. The van der Waals surface area contributed by atoms with Crippen molar-refractivity contribution in [3.05, 3.63) is 29.8 Å². The third kappa shape index (κ3) is 3.93. The Kier molecular flexibility index (Phi) is 4.80. The van der Waals surface area contributed by atoms with Crippen LogP contribution in [0, 0.1) is 23.5 Å². The molecule has 0 bridgehead atoms. The van der Waals surface area contributed by atoms with Crippen molar-refractivity contribution in [2.45, 2.75) is 33.2 Å². The number of piperidine rings is 1. The second kappa shape index (κ2) is 6.41. The summed E-state index contributed by atoms with van der Waals surface area (Å²) in [6.45, 7) is 7.21. The number of carbonyl (C=O) groups excluding carboxylic acids is 1. The largest absolute Gasteiger partial charge is 0.369 e. The van der Waals surface area contributed by atoms with Crippen molar-refractivity contribution in [2.24, 2.45) is 11.8 Å². The monoisotopic (exact) mass is 296 g/mol. The van der Waals surface area contributed by atoms with Gasteiger partial charge in [-0.2, -0.15) is 0 Å². The summed E-state index contributed by atoms with van der Waals surface area (Å²) < 4.78 is 26.4. The highest BCUT2D eigenvalue weighted by Crippen LogP contribution is 2.24. The molecule has 0 saturated carbocycles. The van der Waals surface area contributed by atoms with Crippen LogP contribution in [-0.4, -0.2) is 25.0 Å². The van der Waals surface area contributed by atoms with Crippen LogP contribution >= 0.6 is 0 Å². The van der Waals surface area contributed by atoms with Crippen molar-refractivity contribution in [3.8, 4) is 0 Å². The average molecular weight is 296 g/mol. The maximum absolute atomic E-state index is 13.4. The lowest BCUT2D eigenvalue weighted by molar-refractivity contribution is -0.124. The molecule has 0 radical (unpaired) electrons. The first-order chi connectivity index (χ1) is 9.86. The van der Waals surface area contributed by atoms with Gasteiger partial charge in [0.25, 0.3) is 0 Å². The number of amides is 1. The fraction of sp³-hybridized carbons (Fsp3) is 0.562. The van der Waals surface area contributed by atoms with Crippen LogP contribution in [0.5, 0.6) is 0 Å². The van der Waals surface area contributed by atoms with E-state index in [2.05, 4.69) is 12.2 Å². The summed E-state index contributed by atoms with van der Waals surface area (Å²) in [6, 6.07) is 3.98. The minimum Gasteiger partial charge on any atom is -0.369 e. The average Bonchev–Trinajstić information content (AvgIpc) is 2.41. The number of nitrogens with one attached hydrogen (secondary N) is 1. The lowest BCUT2D eigenvalue weighted by atomic mass is 9.95. The number of halogens is 2. The van der Waals surface area contributed by atoms with Crippen molar-refractivity contribution in [3.63, 3.8) is 0 Å². The Hall–Kier alpha value is -1.65. The van der Waals surface area contributed by atoms with Gasteiger partial charge in [-0.25, -0.2) is 8.78 Å². The van der Waals surface area contributed by atoms with Gasteiger partial charge in [-0.05, 0) is 24.5 Å². The van der Waals surface area contributed by atoms with E-state index >= 15 is 0 Å². The molecule has 1 saturated heterocycles. The van der Waals surface area contributed by atoms with Gasteiger partial charge in [0.05, 0.1) is 0 Å². The Morgan fingerprint density at radius 3 is 2.62 bits per heavy atom. The second-order valence-electron chi connectivity index (χ2n) is 6.20. The molecule has 1 aliphatic rings. The molecule has 1 aromatic carbocycles. The Morgan fingerprint density at radius 2 is 2.00 bits per heavy atom. The molecule has 5 heteroatoms. The molecule has 2 rings (SSSR count). The zero-order valence-electron chi connectivity index (χ0n) is 12.7. The molecule has 1 aliphatic heterocycles. The van der Waals surface area contributed by atoms with Crippen LogP contribution in [0.1, 0.15) is 27.2 Å². The van der Waals surface area contributed by atoms with E-state index in [1.165, 1.54) is 6.07 Å². The quantitative estimate of drug-likeness (QED) is 0.930. The van der Waals surface area contributed by atoms with Crippen LogP contribution in [0.3, 0.4) is 0 Å². The number of anilines is 1. The fourth-order valence-corrected chi connectivity index (χ4v) is 2.72. The van der Waals surface area contributed by atoms with Crippen molar-refractivity contribution >= 4 is 11.6 Å². The lowest BCUT2D eigenvalue weighted by Crippen LogP contribution is -2.51. The van der Waals surface area contributed by atoms with Crippen LogP contribution in [0.4, 0.5) is 14.5 Å². The Bertz CT molecular complexity index is 519. The van der Waals surface area contributed by atoms with E-state index in [0.717, 1.165) is 19.0 Å². The number of hydrogen-bond acceptors (Lipinski definition) is 2. The summed E-state index contributed by atoms with van der Waals surface area (Å²) in [6.07, 6.45) is 0.901. The highest BCUT2D eigenvalue weighted by atomic mass is 19.2. The Labute approximate surface area is 124 Å². The Balaban J connectivity index is 2.09. The predicted octanol–water partition coefficient (Wildman–Crippen LogP) is 2.95. The molecule has 1 fully saturated rings. The summed E-state index contributed by atoms with van der Waals surface area (Å²) >= 11 is 0. The summed E-state index contributed by atoms with van der Waals surface area (Å²) in [5.41, 5.74) is 0.657. The first-order valence-corrected chi connectivity index (χ1v) is 7.37. The molecule has 3 nitrogen and oxygen atoms in total. The SMILES string of the molecule is CC1CC(NC(=O)C(C)C)CN(c2ccc(F)c(F)c2)C1. The maximum atomic E-state index is 13.4. The summed E-state index contributed by atoms with van der Waals surface area (Å²) in [7, 11) is 0. The van der Waals surface area contributed by atoms with Gasteiger partial charge in [-0.1, -0.05) is 20.8 Å². The normalized spacial score (nSPS) is 22.5. The molecular weight excluding hydrogens is 274 g/mol. The van der Waals surface area contributed by atoms with Crippen LogP contribution in [0.25, 0.3) is 0 Å². The minimum atomic E-state index is -0.839. The van der Waals surface area contributed by atoms with Gasteiger partial charge < -0.3 is 10.2 Å². The van der Waals surface area contributed by atoms with E-state index in [4.69, 9.17) is 0 Å². The maximum Gasteiger partial charge on any atom is 0.222 e. The summed E-state index contributed by atoms with van der Waals surface area (Å²) in [4.78, 5) is 13.8. The van der Waals surface area contributed by atoms with E-state index in [-0.39, 0.29) is 17.9 Å². The van der Waals surface area contributed by atoms with Crippen LogP contribution in [-0.2, 0) is 4.79 Å². The molecule has 1 heterocycles. The zero-order chi connectivity index (χ0) is 15.6. The first kappa shape index (κ1) is 15.7. The third-order valence-corrected chi connectivity index (χ3v) is 3.80. The van der Waals surface area contributed by atoms with E-state index in [9.17, 15) is 13.6 Å². The lowest BCUT2D eigenvalue weighted by Gasteiger charge is -2.38. The second-order valence-corrected chi connectivity index (χ2v) is 6.20. The zero-order valence-corrected chi connectivity index (χ0v) is 12.7. The van der Waals surface area contributed by atoms with Gasteiger partial charge in [-0.15, -0.1) is 0 Å². The molecule has 0 aliphatic carbocycles. The van der Waals surface area contributed by atoms with Crippen molar-refractivity contribution in [2.75, 3.05) is 18.0 Å². The van der Waals surface area contributed by atoms with E-state index < -0.39 is 11.6 Å². The van der Waals surface area contributed by atoms with E-state index in [1.54, 1.807) is 6.07 Å². The first-order valence-electron chi connectivity index (χ1n) is 7.37. The van der Waals surface area contributed by atoms with Crippen molar-refractivity contribution in [1.82, 2.24) is 5.32 Å². The number of nitrogens with zero attached hydrogens (tertiary/aromatic N) is 1. The van der Waals surface area contributed by atoms with Gasteiger partial charge in [0.15, 0.2) is 11.6 Å². The van der Waals surface area contributed by atoms with Crippen LogP contribution in [0.2, 0.25) is 0 Å². The molecule has 116 valence electrons. The third-order valence-electron chi connectivity index (χ3n) is 3.80. The summed E-state index contributed by atoms with van der Waals surface area (Å²) in [5, 5.41) is 3.03. The van der Waals surface area contributed by atoms with Gasteiger partial charge >= 0.3 is 0 Å².